The van der Waals surface area contributed by atoms with Gasteiger partial charge in [-0.15, -0.1) is 0 Å². The Labute approximate surface area is 119 Å². The van der Waals surface area contributed by atoms with Gasteiger partial charge in [0.05, 0.1) is 4.92 Å². The smallest absolute Gasteiger partial charge is 0.309 e. The van der Waals surface area contributed by atoms with E-state index in [-0.39, 0.29) is 11.3 Å². The van der Waals surface area contributed by atoms with E-state index in [9.17, 15) is 10.1 Å². The minimum absolute atomic E-state index is 0.0868. The van der Waals surface area contributed by atoms with Crippen LogP contribution in [0, 0.1) is 21.4 Å². The normalized spacial score (nSPS) is 10.3. The molecule has 0 aliphatic carbocycles. The lowest BCUT2D eigenvalue weighted by atomic mass is 10.1. The van der Waals surface area contributed by atoms with Gasteiger partial charge in [-0.05, 0) is 38.2 Å². The second kappa shape index (κ2) is 8.12. The maximum Gasteiger partial charge on any atom is 0.309 e. The van der Waals surface area contributed by atoms with E-state index in [1.807, 2.05) is 6.07 Å². The summed E-state index contributed by atoms with van der Waals surface area (Å²) in [7, 11) is 0. The van der Waals surface area contributed by atoms with E-state index in [1.165, 1.54) is 6.07 Å². The summed E-state index contributed by atoms with van der Waals surface area (Å²) in [5, 5.41) is 23.0. The van der Waals surface area contributed by atoms with Gasteiger partial charge in [0.2, 0.25) is 0 Å². The molecule has 6 heteroatoms. The lowest BCUT2D eigenvalue weighted by molar-refractivity contribution is -0.384. The van der Waals surface area contributed by atoms with E-state index in [0.717, 1.165) is 26.1 Å². The minimum Gasteiger partial charge on any atom is -0.379 e. The standard InChI is InChI=1S/C14H20N4O2/c1-3-17(4-2)10-6-9-16-13-8-5-7-12(11-15)14(13)18(19)20/h5,7-8,16H,3-4,6,9-10H2,1-2H3. The Hall–Kier alpha value is -2.13. The third-order valence-corrected chi connectivity index (χ3v) is 3.20. The van der Waals surface area contributed by atoms with Crippen molar-refractivity contribution in [3.63, 3.8) is 0 Å². The van der Waals surface area contributed by atoms with Crippen molar-refractivity contribution in [2.24, 2.45) is 0 Å². The summed E-state index contributed by atoms with van der Waals surface area (Å²) >= 11 is 0. The van der Waals surface area contributed by atoms with Gasteiger partial charge in [-0.25, -0.2) is 0 Å². The minimum atomic E-state index is -0.509. The number of hydrogen-bond acceptors (Lipinski definition) is 5. The van der Waals surface area contributed by atoms with Crippen LogP contribution in [0.1, 0.15) is 25.8 Å². The quantitative estimate of drug-likeness (QED) is 0.448. The molecule has 0 saturated heterocycles. The lowest BCUT2D eigenvalue weighted by Gasteiger charge is -2.17. The van der Waals surface area contributed by atoms with E-state index in [0.29, 0.717) is 12.2 Å². The van der Waals surface area contributed by atoms with Crippen molar-refractivity contribution >= 4 is 11.4 Å². The topological polar surface area (TPSA) is 82.2 Å². The first-order valence-corrected chi connectivity index (χ1v) is 6.77. The van der Waals surface area contributed by atoms with Gasteiger partial charge in [0.1, 0.15) is 17.3 Å². The number of nitrogens with one attached hydrogen (secondary N) is 1. The number of nitriles is 1. The zero-order chi connectivity index (χ0) is 15.0. The summed E-state index contributed by atoms with van der Waals surface area (Å²) in [6.45, 7) is 7.81. The number of anilines is 1. The van der Waals surface area contributed by atoms with E-state index >= 15 is 0 Å². The zero-order valence-corrected chi connectivity index (χ0v) is 11.9. The average Bonchev–Trinajstić information content (AvgIpc) is 2.46. The number of nitro benzene ring substituents is 1. The number of nitrogens with zero attached hydrogens (tertiary/aromatic N) is 3. The molecule has 1 aromatic rings. The summed E-state index contributed by atoms with van der Waals surface area (Å²) < 4.78 is 0. The SMILES string of the molecule is CCN(CC)CCCNc1cccc(C#N)c1[N+](=O)[O-]. The molecule has 0 aliphatic rings. The highest BCUT2D eigenvalue weighted by Crippen LogP contribution is 2.27. The van der Waals surface area contributed by atoms with Crippen LogP contribution in [0.4, 0.5) is 11.4 Å². The molecule has 0 aliphatic heterocycles. The maximum absolute atomic E-state index is 11.0. The van der Waals surface area contributed by atoms with Crippen molar-refractivity contribution in [1.82, 2.24) is 4.90 Å². The van der Waals surface area contributed by atoms with Crippen LogP contribution in [0.3, 0.4) is 0 Å². The van der Waals surface area contributed by atoms with Crippen LogP contribution in [0.5, 0.6) is 0 Å². The molecular formula is C14H20N4O2. The number of benzene rings is 1. The molecule has 0 aromatic heterocycles. The Balaban J connectivity index is 2.65. The van der Waals surface area contributed by atoms with Crippen LogP contribution in [0.2, 0.25) is 0 Å². The van der Waals surface area contributed by atoms with Crippen molar-refractivity contribution in [3.05, 3.63) is 33.9 Å². The molecule has 1 N–H and O–H groups in total. The van der Waals surface area contributed by atoms with Gasteiger partial charge in [-0.3, -0.25) is 10.1 Å². The van der Waals surface area contributed by atoms with Crippen LogP contribution in [-0.2, 0) is 0 Å². The van der Waals surface area contributed by atoms with Crippen molar-refractivity contribution in [2.45, 2.75) is 20.3 Å². The number of para-hydroxylation sites is 1. The van der Waals surface area contributed by atoms with Crippen LogP contribution in [0.15, 0.2) is 18.2 Å². The van der Waals surface area contributed by atoms with Gasteiger partial charge in [-0.1, -0.05) is 19.9 Å². The van der Waals surface area contributed by atoms with Gasteiger partial charge >= 0.3 is 5.69 Å². The van der Waals surface area contributed by atoms with E-state index in [2.05, 4.69) is 24.1 Å². The van der Waals surface area contributed by atoms with Crippen LogP contribution in [-0.4, -0.2) is 36.0 Å². The van der Waals surface area contributed by atoms with E-state index in [1.54, 1.807) is 12.1 Å². The van der Waals surface area contributed by atoms with Gasteiger partial charge < -0.3 is 10.2 Å². The third kappa shape index (κ3) is 4.21. The van der Waals surface area contributed by atoms with Gasteiger partial charge in [0.15, 0.2) is 0 Å². The third-order valence-electron chi connectivity index (χ3n) is 3.20. The van der Waals surface area contributed by atoms with E-state index < -0.39 is 4.92 Å². The van der Waals surface area contributed by atoms with Crippen LogP contribution in [0.25, 0.3) is 0 Å². The molecule has 108 valence electrons. The van der Waals surface area contributed by atoms with Crippen molar-refractivity contribution in [2.75, 3.05) is 31.5 Å². The highest BCUT2D eigenvalue weighted by Gasteiger charge is 2.18. The Morgan fingerprint density at radius 2 is 2.10 bits per heavy atom. The summed E-state index contributed by atoms with van der Waals surface area (Å²) in [5.74, 6) is 0. The van der Waals surface area contributed by atoms with Crippen molar-refractivity contribution in [1.29, 1.82) is 5.26 Å². The number of hydrogen-bond donors (Lipinski definition) is 1. The fourth-order valence-corrected chi connectivity index (χ4v) is 2.04. The molecule has 0 spiro atoms. The molecular weight excluding hydrogens is 256 g/mol. The van der Waals surface area contributed by atoms with Crippen LogP contribution < -0.4 is 5.32 Å². The molecule has 6 nitrogen and oxygen atoms in total. The van der Waals surface area contributed by atoms with Gasteiger partial charge in [0.25, 0.3) is 0 Å². The fraction of sp³-hybridized carbons (Fsp3) is 0.500. The fourth-order valence-electron chi connectivity index (χ4n) is 2.04. The molecule has 1 aromatic carbocycles. The first kappa shape index (κ1) is 15.9. The highest BCUT2D eigenvalue weighted by molar-refractivity contribution is 5.68. The maximum atomic E-state index is 11.0. The Morgan fingerprint density at radius 3 is 2.65 bits per heavy atom. The first-order chi connectivity index (χ1) is 9.63. The molecule has 0 radical (unpaired) electrons. The Kier molecular flexibility index (Phi) is 6.47. The summed E-state index contributed by atoms with van der Waals surface area (Å²) in [6, 6.07) is 6.60. The van der Waals surface area contributed by atoms with Crippen molar-refractivity contribution in [3.8, 4) is 6.07 Å². The molecule has 0 heterocycles. The zero-order valence-electron chi connectivity index (χ0n) is 11.9. The number of nitro groups is 1. The molecule has 1 rings (SSSR count). The molecule has 0 unspecified atom stereocenters. The second-order valence-corrected chi connectivity index (χ2v) is 4.38. The lowest BCUT2D eigenvalue weighted by Crippen LogP contribution is -2.25. The predicted octanol–water partition coefficient (Wildman–Crippen LogP) is 2.61. The summed E-state index contributed by atoms with van der Waals surface area (Å²) in [4.78, 5) is 12.8. The first-order valence-electron chi connectivity index (χ1n) is 6.77. The second-order valence-electron chi connectivity index (χ2n) is 4.38. The molecule has 0 bridgehead atoms. The number of rotatable bonds is 8. The average molecular weight is 276 g/mol. The molecule has 20 heavy (non-hydrogen) atoms. The highest BCUT2D eigenvalue weighted by atomic mass is 16.6. The predicted molar refractivity (Wildman–Crippen MR) is 78.7 cm³/mol. The Bertz CT molecular complexity index is 492. The largest absolute Gasteiger partial charge is 0.379 e. The van der Waals surface area contributed by atoms with Crippen LogP contribution >= 0.6 is 0 Å². The van der Waals surface area contributed by atoms with Gasteiger partial charge in [-0.2, -0.15) is 5.26 Å². The monoisotopic (exact) mass is 276 g/mol. The van der Waals surface area contributed by atoms with Crippen molar-refractivity contribution < 1.29 is 4.92 Å². The molecule has 0 saturated carbocycles. The van der Waals surface area contributed by atoms with Gasteiger partial charge in [0, 0.05) is 6.54 Å². The molecule has 0 fully saturated rings. The Morgan fingerprint density at radius 1 is 1.40 bits per heavy atom. The van der Waals surface area contributed by atoms with E-state index in [4.69, 9.17) is 5.26 Å². The molecule has 0 amide bonds. The molecule has 0 atom stereocenters. The summed E-state index contributed by atoms with van der Waals surface area (Å²) in [5.41, 5.74) is 0.357. The summed E-state index contributed by atoms with van der Waals surface area (Å²) in [6.07, 6.45) is 0.898.